The van der Waals surface area contributed by atoms with Gasteiger partial charge in [0.2, 0.25) is 5.89 Å². The minimum Gasteiger partial charge on any atom is -0.451 e. The van der Waals surface area contributed by atoms with Crippen molar-refractivity contribution in [3.05, 3.63) is 52.3 Å². The Kier molecular flexibility index (Phi) is 5.49. The van der Waals surface area contributed by atoms with Gasteiger partial charge in [0.25, 0.3) is 5.91 Å². The van der Waals surface area contributed by atoms with Gasteiger partial charge in [-0.15, -0.1) is 10.2 Å². The minimum atomic E-state index is -0.0691. The summed E-state index contributed by atoms with van der Waals surface area (Å²) in [6.45, 7) is 5.01. The minimum absolute atomic E-state index is 0.0691. The van der Waals surface area contributed by atoms with Gasteiger partial charge in [-0.25, -0.2) is 0 Å². The fourth-order valence-electron chi connectivity index (χ4n) is 3.84. The van der Waals surface area contributed by atoms with Gasteiger partial charge >= 0.3 is 0 Å². The number of carbonyl (C=O) groups is 1. The SMILES string of the molecule is Cc1noc(C2CCN(C(=O)c3oc4ccccc4c3CSc3nnc(C)s3)CC2)n1. The van der Waals surface area contributed by atoms with E-state index in [4.69, 9.17) is 8.94 Å². The average molecular weight is 456 g/mol. The molecule has 0 atom stereocenters. The Labute approximate surface area is 187 Å². The molecule has 0 spiro atoms. The Hall–Kier alpha value is -2.72. The summed E-state index contributed by atoms with van der Waals surface area (Å²) in [6.07, 6.45) is 1.59. The zero-order chi connectivity index (χ0) is 21.4. The molecule has 0 radical (unpaired) electrons. The van der Waals surface area contributed by atoms with E-state index in [1.807, 2.05) is 43.0 Å². The number of amides is 1. The number of thioether (sulfide) groups is 1. The number of hydrogen-bond donors (Lipinski definition) is 0. The molecular weight excluding hydrogens is 434 g/mol. The molecule has 1 saturated heterocycles. The highest BCUT2D eigenvalue weighted by Gasteiger charge is 2.31. The number of likely N-dealkylation sites (tertiary alicyclic amines) is 1. The molecule has 1 aliphatic rings. The second kappa shape index (κ2) is 8.43. The molecule has 1 aromatic carbocycles. The number of para-hydroxylation sites is 1. The lowest BCUT2D eigenvalue weighted by atomic mass is 9.96. The van der Waals surface area contributed by atoms with Crippen LogP contribution in [0.25, 0.3) is 11.0 Å². The summed E-state index contributed by atoms with van der Waals surface area (Å²) in [4.78, 5) is 19.6. The van der Waals surface area contributed by atoms with Crippen molar-refractivity contribution in [2.45, 2.75) is 42.7 Å². The lowest BCUT2D eigenvalue weighted by molar-refractivity contribution is 0.0673. The molecule has 3 aromatic heterocycles. The van der Waals surface area contributed by atoms with Crippen LogP contribution >= 0.6 is 23.1 Å². The van der Waals surface area contributed by atoms with Crippen molar-refractivity contribution in [1.29, 1.82) is 0 Å². The van der Waals surface area contributed by atoms with Gasteiger partial charge in [-0.1, -0.05) is 46.5 Å². The van der Waals surface area contributed by atoms with Crippen LogP contribution in [-0.2, 0) is 5.75 Å². The highest BCUT2D eigenvalue weighted by atomic mass is 32.2. The average Bonchev–Trinajstić information content (AvgIpc) is 3.50. The highest BCUT2D eigenvalue weighted by Crippen LogP contribution is 2.35. The lowest BCUT2D eigenvalue weighted by Crippen LogP contribution is -2.38. The molecule has 8 nitrogen and oxygen atoms in total. The predicted octanol–water partition coefficient (Wildman–Crippen LogP) is 4.60. The number of aryl methyl sites for hydroxylation is 2. The molecule has 0 saturated carbocycles. The second-order valence-corrected chi connectivity index (χ2v) is 9.93. The number of furan rings is 1. The predicted molar refractivity (Wildman–Crippen MR) is 117 cm³/mol. The van der Waals surface area contributed by atoms with Gasteiger partial charge in [-0.05, 0) is 32.8 Å². The van der Waals surface area contributed by atoms with Gasteiger partial charge in [-0.3, -0.25) is 4.79 Å². The van der Waals surface area contributed by atoms with E-state index < -0.39 is 0 Å². The van der Waals surface area contributed by atoms with Crippen molar-refractivity contribution in [3.8, 4) is 0 Å². The number of piperidine rings is 1. The lowest BCUT2D eigenvalue weighted by Gasteiger charge is -2.30. The van der Waals surface area contributed by atoms with Crippen LogP contribution < -0.4 is 0 Å². The van der Waals surface area contributed by atoms with Crippen LogP contribution in [0.3, 0.4) is 0 Å². The number of aromatic nitrogens is 4. The zero-order valence-electron chi connectivity index (χ0n) is 17.2. The van der Waals surface area contributed by atoms with Crippen LogP contribution in [0.15, 0.2) is 37.5 Å². The van der Waals surface area contributed by atoms with E-state index in [0.29, 0.717) is 36.3 Å². The molecule has 4 aromatic rings. The van der Waals surface area contributed by atoms with Crippen LogP contribution in [0.5, 0.6) is 0 Å². The standard InChI is InChI=1S/C21H21N5O3S2/c1-12-22-19(29-25-12)14-7-9-26(10-8-14)20(27)18-16(11-30-21-24-23-13(2)31-21)15-5-3-4-6-17(15)28-18/h3-6,14H,7-11H2,1-2H3. The summed E-state index contributed by atoms with van der Waals surface area (Å²) < 4.78 is 12.3. The third-order valence-electron chi connectivity index (χ3n) is 5.41. The second-order valence-electron chi connectivity index (χ2n) is 7.53. The molecule has 5 rings (SSSR count). The van der Waals surface area contributed by atoms with Crippen molar-refractivity contribution < 1.29 is 13.7 Å². The van der Waals surface area contributed by atoms with Gasteiger partial charge < -0.3 is 13.8 Å². The highest BCUT2D eigenvalue weighted by molar-refractivity contribution is 8.00. The van der Waals surface area contributed by atoms with Crippen LogP contribution in [0.4, 0.5) is 0 Å². The summed E-state index contributed by atoms with van der Waals surface area (Å²) >= 11 is 3.13. The summed E-state index contributed by atoms with van der Waals surface area (Å²) in [6, 6.07) is 7.79. The topological polar surface area (TPSA) is 98.2 Å². The summed E-state index contributed by atoms with van der Waals surface area (Å²) in [5, 5.41) is 14.0. The van der Waals surface area contributed by atoms with Crippen molar-refractivity contribution in [2.24, 2.45) is 0 Å². The number of fused-ring (bicyclic) bond motifs is 1. The van der Waals surface area contributed by atoms with Gasteiger partial charge in [0.05, 0.1) is 0 Å². The first-order valence-electron chi connectivity index (χ1n) is 10.1. The molecular formula is C21H21N5O3S2. The quantitative estimate of drug-likeness (QED) is 0.403. The van der Waals surface area contributed by atoms with Crippen LogP contribution in [0.1, 0.15) is 51.6 Å². The Bertz CT molecular complexity index is 1220. The molecule has 1 fully saturated rings. The van der Waals surface area contributed by atoms with Crippen molar-refractivity contribution in [3.63, 3.8) is 0 Å². The van der Waals surface area contributed by atoms with Crippen LogP contribution in [0.2, 0.25) is 0 Å². The number of rotatable bonds is 5. The van der Waals surface area contributed by atoms with Gasteiger partial charge in [0, 0.05) is 35.7 Å². The van der Waals surface area contributed by atoms with Crippen molar-refractivity contribution >= 4 is 40.0 Å². The molecule has 0 aliphatic carbocycles. The third kappa shape index (κ3) is 4.09. The molecule has 160 valence electrons. The van der Waals surface area contributed by atoms with Crippen molar-refractivity contribution in [2.75, 3.05) is 13.1 Å². The fraction of sp³-hybridized carbons (Fsp3) is 0.381. The molecule has 4 heterocycles. The first kappa shape index (κ1) is 20.2. The first-order valence-corrected chi connectivity index (χ1v) is 11.9. The van der Waals surface area contributed by atoms with E-state index >= 15 is 0 Å². The van der Waals surface area contributed by atoms with Gasteiger partial charge in [-0.2, -0.15) is 4.98 Å². The first-order chi connectivity index (χ1) is 15.1. The van der Waals surface area contributed by atoms with E-state index in [-0.39, 0.29) is 11.8 Å². The monoisotopic (exact) mass is 455 g/mol. The Morgan fingerprint density at radius 2 is 2.03 bits per heavy atom. The summed E-state index contributed by atoms with van der Waals surface area (Å²) in [5.41, 5.74) is 1.64. The molecule has 0 N–H and O–H groups in total. The van der Waals surface area contributed by atoms with E-state index in [1.165, 1.54) is 0 Å². The molecule has 1 amide bonds. The molecule has 0 unspecified atom stereocenters. The van der Waals surface area contributed by atoms with Crippen LogP contribution in [0, 0.1) is 13.8 Å². The maximum absolute atomic E-state index is 13.4. The molecule has 0 bridgehead atoms. The number of benzene rings is 1. The Morgan fingerprint density at radius 1 is 1.23 bits per heavy atom. The molecule has 31 heavy (non-hydrogen) atoms. The van der Waals surface area contributed by atoms with E-state index in [1.54, 1.807) is 23.1 Å². The summed E-state index contributed by atoms with van der Waals surface area (Å²) in [5.74, 6) is 2.45. The van der Waals surface area contributed by atoms with Gasteiger partial charge in [0.15, 0.2) is 15.9 Å². The molecule has 1 aliphatic heterocycles. The largest absolute Gasteiger partial charge is 0.451 e. The van der Waals surface area contributed by atoms with E-state index in [9.17, 15) is 4.79 Å². The maximum Gasteiger partial charge on any atom is 0.289 e. The smallest absolute Gasteiger partial charge is 0.289 e. The normalized spacial score (nSPS) is 15.1. The summed E-state index contributed by atoms with van der Waals surface area (Å²) in [7, 11) is 0. The zero-order valence-corrected chi connectivity index (χ0v) is 18.8. The van der Waals surface area contributed by atoms with E-state index in [2.05, 4.69) is 20.3 Å². The van der Waals surface area contributed by atoms with E-state index in [0.717, 1.165) is 38.7 Å². The Morgan fingerprint density at radius 3 is 2.74 bits per heavy atom. The van der Waals surface area contributed by atoms with Crippen molar-refractivity contribution in [1.82, 2.24) is 25.2 Å². The Balaban J connectivity index is 1.36. The maximum atomic E-state index is 13.4. The number of carbonyl (C=O) groups excluding carboxylic acids is 1. The molecule has 10 heteroatoms. The third-order valence-corrected chi connectivity index (χ3v) is 7.41. The number of nitrogens with zero attached hydrogens (tertiary/aromatic N) is 5. The van der Waals surface area contributed by atoms with Crippen LogP contribution in [-0.4, -0.2) is 44.2 Å². The van der Waals surface area contributed by atoms with Gasteiger partial charge in [0.1, 0.15) is 10.6 Å². The number of hydrogen-bond acceptors (Lipinski definition) is 9. The fourth-order valence-corrected chi connectivity index (χ4v) is 5.68.